The summed E-state index contributed by atoms with van der Waals surface area (Å²) in [5, 5.41) is 4.80. The third-order valence-corrected chi connectivity index (χ3v) is 5.33. The number of methoxy groups -OCH3 is 1. The summed E-state index contributed by atoms with van der Waals surface area (Å²) in [6.45, 7) is 5.81. The van der Waals surface area contributed by atoms with Crippen molar-refractivity contribution < 1.29 is 14.0 Å². The Labute approximate surface area is 181 Å². The molecule has 1 saturated heterocycles. The number of hydrogen-bond donors (Lipinski definition) is 0. The first-order chi connectivity index (χ1) is 14.7. The zero-order valence-corrected chi connectivity index (χ0v) is 17.7. The average molecular weight is 429 g/mol. The zero-order chi connectivity index (χ0) is 20.8. The molecule has 4 rings (SSSR count). The molecule has 1 fully saturated rings. The predicted octanol–water partition coefficient (Wildman–Crippen LogP) is 3.63. The van der Waals surface area contributed by atoms with Gasteiger partial charge >= 0.3 is 0 Å². The molecule has 0 unspecified atom stereocenters. The van der Waals surface area contributed by atoms with Crippen molar-refractivity contribution in [2.45, 2.75) is 19.7 Å². The minimum absolute atomic E-state index is 0.269. The maximum Gasteiger partial charge on any atom is 0.240 e. The fourth-order valence-corrected chi connectivity index (χ4v) is 3.50. The van der Waals surface area contributed by atoms with Gasteiger partial charge in [-0.25, -0.2) is 0 Å². The van der Waals surface area contributed by atoms with E-state index in [-0.39, 0.29) is 6.61 Å². The van der Waals surface area contributed by atoms with Crippen molar-refractivity contribution >= 4 is 11.6 Å². The van der Waals surface area contributed by atoms with Crippen LogP contribution < -0.4 is 9.47 Å². The van der Waals surface area contributed by atoms with Crippen LogP contribution in [-0.4, -0.2) is 53.2 Å². The first-order valence-electron chi connectivity index (χ1n) is 9.95. The number of benzene rings is 2. The van der Waals surface area contributed by atoms with Crippen LogP contribution in [0.1, 0.15) is 17.3 Å². The summed E-state index contributed by atoms with van der Waals surface area (Å²) in [7, 11) is 1.64. The molecular weight excluding hydrogens is 404 g/mol. The molecule has 0 aliphatic carbocycles. The van der Waals surface area contributed by atoms with Crippen molar-refractivity contribution in [2.75, 3.05) is 33.3 Å². The van der Waals surface area contributed by atoms with Gasteiger partial charge in [-0.1, -0.05) is 28.9 Å². The summed E-state index contributed by atoms with van der Waals surface area (Å²) < 4.78 is 16.2. The summed E-state index contributed by atoms with van der Waals surface area (Å²) in [6.07, 6.45) is 0. The van der Waals surface area contributed by atoms with Crippen LogP contribution in [0, 0.1) is 0 Å². The first-order valence-corrected chi connectivity index (χ1v) is 10.3. The van der Waals surface area contributed by atoms with Crippen LogP contribution in [0.2, 0.25) is 5.02 Å². The van der Waals surface area contributed by atoms with E-state index >= 15 is 0 Å². The number of halogens is 1. The lowest BCUT2D eigenvalue weighted by Gasteiger charge is -2.33. The van der Waals surface area contributed by atoms with Gasteiger partial charge in [-0.2, -0.15) is 4.98 Å². The van der Waals surface area contributed by atoms with Crippen molar-refractivity contribution in [3.05, 3.63) is 70.8 Å². The quantitative estimate of drug-likeness (QED) is 0.542. The second kappa shape index (κ2) is 9.93. The summed E-state index contributed by atoms with van der Waals surface area (Å²) >= 11 is 5.96. The van der Waals surface area contributed by atoms with Crippen LogP contribution in [0.15, 0.2) is 53.1 Å². The molecule has 3 aromatic rings. The van der Waals surface area contributed by atoms with Crippen molar-refractivity contribution in [1.82, 2.24) is 19.9 Å². The number of ether oxygens (including phenoxy) is 2. The Balaban J connectivity index is 1.21. The Morgan fingerprint density at radius 3 is 2.20 bits per heavy atom. The maximum atomic E-state index is 5.96. The fourth-order valence-electron chi connectivity index (χ4n) is 3.38. The van der Waals surface area contributed by atoms with Gasteiger partial charge in [0.25, 0.3) is 0 Å². The molecule has 0 N–H and O–H groups in total. The third-order valence-electron chi connectivity index (χ3n) is 5.08. The molecule has 0 spiro atoms. The van der Waals surface area contributed by atoms with E-state index in [4.69, 9.17) is 25.6 Å². The molecule has 1 aliphatic rings. The highest BCUT2D eigenvalue weighted by molar-refractivity contribution is 6.30. The standard InChI is InChI=1S/C22H25ClN4O3/c1-28-19-6-8-20(9-7-19)29-16-21-24-22(30-25-21)15-27-12-10-26(11-13-27)14-17-2-4-18(23)5-3-17/h2-9H,10-16H2,1H3. The minimum atomic E-state index is 0.269. The molecule has 0 amide bonds. The van der Waals surface area contributed by atoms with E-state index in [0.29, 0.717) is 18.3 Å². The number of rotatable bonds is 8. The smallest absolute Gasteiger partial charge is 0.240 e. The van der Waals surface area contributed by atoms with Crippen molar-refractivity contribution in [1.29, 1.82) is 0 Å². The molecule has 1 aliphatic heterocycles. The summed E-state index contributed by atoms with van der Waals surface area (Å²) in [4.78, 5) is 9.23. The Morgan fingerprint density at radius 2 is 1.53 bits per heavy atom. The van der Waals surface area contributed by atoms with Gasteiger partial charge in [0.2, 0.25) is 11.7 Å². The highest BCUT2D eigenvalue weighted by Crippen LogP contribution is 2.18. The molecule has 2 aromatic carbocycles. The van der Waals surface area contributed by atoms with Gasteiger partial charge in [0.05, 0.1) is 13.7 Å². The van der Waals surface area contributed by atoms with E-state index in [9.17, 15) is 0 Å². The van der Waals surface area contributed by atoms with Crippen LogP contribution in [0.25, 0.3) is 0 Å². The van der Waals surface area contributed by atoms with Gasteiger partial charge in [0.15, 0.2) is 6.61 Å². The molecule has 0 radical (unpaired) electrons. The first kappa shape index (κ1) is 20.7. The molecule has 0 saturated carbocycles. The van der Waals surface area contributed by atoms with Crippen molar-refractivity contribution in [2.24, 2.45) is 0 Å². The van der Waals surface area contributed by atoms with Gasteiger partial charge in [-0.05, 0) is 42.0 Å². The van der Waals surface area contributed by atoms with E-state index < -0.39 is 0 Å². The number of piperazine rings is 1. The zero-order valence-electron chi connectivity index (χ0n) is 17.0. The van der Waals surface area contributed by atoms with E-state index in [0.717, 1.165) is 49.2 Å². The maximum absolute atomic E-state index is 5.96. The van der Waals surface area contributed by atoms with Crippen LogP contribution in [-0.2, 0) is 19.7 Å². The molecule has 158 valence electrons. The van der Waals surface area contributed by atoms with E-state index in [1.54, 1.807) is 7.11 Å². The normalized spacial score (nSPS) is 15.3. The highest BCUT2D eigenvalue weighted by atomic mass is 35.5. The third kappa shape index (κ3) is 5.72. The van der Waals surface area contributed by atoms with Gasteiger partial charge in [-0.15, -0.1) is 0 Å². The topological polar surface area (TPSA) is 63.9 Å². The second-order valence-electron chi connectivity index (χ2n) is 7.25. The fraction of sp³-hybridized carbons (Fsp3) is 0.364. The van der Waals surface area contributed by atoms with E-state index in [2.05, 4.69) is 32.1 Å². The van der Waals surface area contributed by atoms with Gasteiger partial charge in [0.1, 0.15) is 11.5 Å². The Bertz CT molecular complexity index is 922. The second-order valence-corrected chi connectivity index (χ2v) is 7.68. The molecule has 0 atom stereocenters. The van der Waals surface area contributed by atoms with Gasteiger partial charge in [-0.3, -0.25) is 9.80 Å². The molecule has 8 heteroatoms. The largest absolute Gasteiger partial charge is 0.497 e. The van der Waals surface area contributed by atoms with E-state index in [1.165, 1.54) is 5.56 Å². The Kier molecular flexibility index (Phi) is 6.84. The summed E-state index contributed by atoms with van der Waals surface area (Å²) in [5.41, 5.74) is 1.28. The predicted molar refractivity (Wildman–Crippen MR) is 114 cm³/mol. The lowest BCUT2D eigenvalue weighted by atomic mass is 10.2. The molecule has 30 heavy (non-hydrogen) atoms. The molecule has 1 aromatic heterocycles. The minimum Gasteiger partial charge on any atom is -0.497 e. The monoisotopic (exact) mass is 428 g/mol. The van der Waals surface area contributed by atoms with Crippen molar-refractivity contribution in [3.63, 3.8) is 0 Å². The number of hydrogen-bond acceptors (Lipinski definition) is 7. The van der Waals surface area contributed by atoms with Crippen molar-refractivity contribution in [3.8, 4) is 11.5 Å². The molecular formula is C22H25ClN4O3. The molecule has 2 heterocycles. The average Bonchev–Trinajstić information content (AvgIpc) is 3.23. The lowest BCUT2D eigenvalue weighted by Crippen LogP contribution is -2.45. The van der Waals surface area contributed by atoms with Gasteiger partial charge in [0, 0.05) is 37.7 Å². The summed E-state index contributed by atoms with van der Waals surface area (Å²) in [6, 6.07) is 15.5. The molecule has 0 bridgehead atoms. The SMILES string of the molecule is COc1ccc(OCc2noc(CN3CCN(Cc4ccc(Cl)cc4)CC3)n2)cc1. The molecule has 7 nitrogen and oxygen atoms in total. The Hall–Kier alpha value is -2.61. The lowest BCUT2D eigenvalue weighted by molar-refractivity contribution is 0.112. The van der Waals surface area contributed by atoms with E-state index in [1.807, 2.05) is 36.4 Å². The van der Waals surface area contributed by atoms with Crippen LogP contribution >= 0.6 is 11.6 Å². The van der Waals surface area contributed by atoms with Crippen LogP contribution in [0.4, 0.5) is 0 Å². The Morgan fingerprint density at radius 1 is 0.900 bits per heavy atom. The highest BCUT2D eigenvalue weighted by Gasteiger charge is 2.19. The van der Waals surface area contributed by atoms with Crippen LogP contribution in [0.5, 0.6) is 11.5 Å². The number of aromatic nitrogens is 2. The van der Waals surface area contributed by atoms with Crippen LogP contribution in [0.3, 0.4) is 0 Å². The van der Waals surface area contributed by atoms with Gasteiger partial charge < -0.3 is 14.0 Å². The number of nitrogens with zero attached hydrogens (tertiary/aromatic N) is 4. The summed E-state index contributed by atoms with van der Waals surface area (Å²) in [5.74, 6) is 2.69.